The minimum absolute atomic E-state index is 0.0211. The number of aryl methyl sites for hydroxylation is 2. The zero-order valence-electron chi connectivity index (χ0n) is 19.7. The second-order valence-corrected chi connectivity index (χ2v) is 11.4. The maximum absolute atomic E-state index is 13.1. The van der Waals surface area contributed by atoms with E-state index in [1.165, 1.54) is 9.87 Å². The molecule has 1 fully saturated rings. The van der Waals surface area contributed by atoms with Gasteiger partial charge in [-0.25, -0.2) is 8.42 Å². The summed E-state index contributed by atoms with van der Waals surface area (Å²) in [5, 5.41) is 3.10. The van der Waals surface area contributed by atoms with Gasteiger partial charge in [0.15, 0.2) is 0 Å². The summed E-state index contributed by atoms with van der Waals surface area (Å²) < 4.78 is 33.6. The van der Waals surface area contributed by atoms with Gasteiger partial charge in [0.2, 0.25) is 15.9 Å². The molecule has 0 saturated carbocycles. The number of sulfonamides is 1. The number of hydrogen-bond donors (Lipinski definition) is 1. The Bertz CT molecular complexity index is 1110. The molecule has 1 amide bonds. The minimum Gasteiger partial charge on any atom is -0.491 e. The lowest BCUT2D eigenvalue weighted by molar-refractivity contribution is -0.126. The van der Waals surface area contributed by atoms with Gasteiger partial charge in [0, 0.05) is 19.0 Å². The number of carbonyl (C=O) groups is 1. The molecule has 0 spiro atoms. The highest BCUT2D eigenvalue weighted by Crippen LogP contribution is 2.29. The molecule has 1 atom stereocenters. The van der Waals surface area contributed by atoms with E-state index in [1.54, 1.807) is 6.07 Å². The SMILES string of the molecule is CC(C)Oc1cccc(C(C)NC(=O)C2CCN(S(=O)(=O)c3ccc4c(c3)CCC4)CC2)c1. The fraction of sp³-hybridized carbons (Fsp3) is 0.500. The van der Waals surface area contributed by atoms with Crippen molar-refractivity contribution >= 4 is 15.9 Å². The Morgan fingerprint density at radius 3 is 2.48 bits per heavy atom. The molecule has 0 radical (unpaired) electrons. The molecule has 6 nitrogen and oxygen atoms in total. The highest BCUT2D eigenvalue weighted by molar-refractivity contribution is 7.89. The quantitative estimate of drug-likeness (QED) is 0.657. The zero-order valence-corrected chi connectivity index (χ0v) is 20.5. The second-order valence-electron chi connectivity index (χ2n) is 9.43. The van der Waals surface area contributed by atoms with E-state index in [0.29, 0.717) is 30.8 Å². The fourth-order valence-electron chi connectivity index (χ4n) is 4.76. The molecule has 178 valence electrons. The van der Waals surface area contributed by atoms with Crippen LogP contribution in [0.25, 0.3) is 0 Å². The second kappa shape index (κ2) is 9.85. The molecule has 1 saturated heterocycles. The van der Waals surface area contributed by atoms with Crippen molar-refractivity contribution in [3.8, 4) is 5.75 Å². The van der Waals surface area contributed by atoms with Crippen molar-refractivity contribution in [1.29, 1.82) is 0 Å². The van der Waals surface area contributed by atoms with E-state index in [2.05, 4.69) is 5.32 Å². The largest absolute Gasteiger partial charge is 0.491 e. The van der Waals surface area contributed by atoms with Gasteiger partial charge in [-0.3, -0.25) is 4.79 Å². The molecule has 1 aliphatic heterocycles. The van der Waals surface area contributed by atoms with Gasteiger partial charge in [-0.05, 0) is 93.8 Å². The molecule has 33 heavy (non-hydrogen) atoms. The lowest BCUT2D eigenvalue weighted by Gasteiger charge is -2.31. The van der Waals surface area contributed by atoms with E-state index in [-0.39, 0.29) is 24.0 Å². The van der Waals surface area contributed by atoms with Crippen LogP contribution in [0.3, 0.4) is 0 Å². The molecule has 0 bridgehead atoms. The normalized spacial score (nSPS) is 18.2. The third kappa shape index (κ3) is 5.41. The van der Waals surface area contributed by atoms with Gasteiger partial charge in [0.05, 0.1) is 17.0 Å². The van der Waals surface area contributed by atoms with Crippen LogP contribution in [0.5, 0.6) is 5.75 Å². The maximum Gasteiger partial charge on any atom is 0.243 e. The topological polar surface area (TPSA) is 75.7 Å². The number of benzene rings is 2. The standard InChI is InChI=1S/C26H34N2O4S/c1-18(2)32-24-9-5-7-22(16-24)19(3)27-26(29)21-12-14-28(15-13-21)33(30,31)25-11-10-20-6-4-8-23(20)17-25/h5,7,9-11,16-19,21H,4,6,8,12-15H2,1-3H3,(H,27,29). The first-order chi connectivity index (χ1) is 15.7. The Balaban J connectivity index is 1.34. The lowest BCUT2D eigenvalue weighted by Crippen LogP contribution is -2.43. The van der Waals surface area contributed by atoms with Crippen molar-refractivity contribution in [2.45, 2.75) is 69.9 Å². The zero-order chi connectivity index (χ0) is 23.6. The molecule has 2 aromatic rings. The van der Waals surface area contributed by atoms with Crippen LogP contribution >= 0.6 is 0 Å². The Morgan fingerprint density at radius 2 is 1.76 bits per heavy atom. The van der Waals surface area contributed by atoms with Crippen LogP contribution < -0.4 is 10.1 Å². The highest BCUT2D eigenvalue weighted by Gasteiger charge is 2.33. The number of hydrogen-bond acceptors (Lipinski definition) is 4. The first kappa shape index (κ1) is 23.8. The molecular formula is C26H34N2O4S. The van der Waals surface area contributed by atoms with E-state index >= 15 is 0 Å². The minimum atomic E-state index is -3.53. The van der Waals surface area contributed by atoms with Gasteiger partial charge in [-0.1, -0.05) is 18.2 Å². The van der Waals surface area contributed by atoms with E-state index in [9.17, 15) is 13.2 Å². The molecule has 4 rings (SSSR count). The summed E-state index contributed by atoms with van der Waals surface area (Å²) in [4.78, 5) is 13.3. The Morgan fingerprint density at radius 1 is 1.03 bits per heavy atom. The van der Waals surface area contributed by atoms with Crippen molar-refractivity contribution in [2.75, 3.05) is 13.1 Å². The molecule has 1 aliphatic carbocycles. The van der Waals surface area contributed by atoms with Gasteiger partial charge in [-0.2, -0.15) is 4.31 Å². The number of fused-ring (bicyclic) bond motifs is 1. The number of ether oxygens (including phenoxy) is 1. The Kier molecular flexibility index (Phi) is 7.10. The van der Waals surface area contributed by atoms with E-state index < -0.39 is 10.0 Å². The van der Waals surface area contributed by atoms with Crippen LogP contribution in [0.2, 0.25) is 0 Å². The molecule has 0 aromatic heterocycles. The molecule has 1 heterocycles. The van der Waals surface area contributed by atoms with E-state index in [4.69, 9.17) is 4.74 Å². The molecule has 2 aromatic carbocycles. The third-order valence-electron chi connectivity index (χ3n) is 6.62. The number of carbonyl (C=O) groups excluding carboxylic acids is 1. The van der Waals surface area contributed by atoms with Gasteiger partial charge in [0.1, 0.15) is 5.75 Å². The summed E-state index contributed by atoms with van der Waals surface area (Å²) in [6, 6.07) is 13.2. The van der Waals surface area contributed by atoms with Crippen LogP contribution in [-0.4, -0.2) is 37.8 Å². The number of amides is 1. The number of rotatable bonds is 7. The number of nitrogens with zero attached hydrogens (tertiary/aromatic N) is 1. The summed E-state index contributed by atoms with van der Waals surface area (Å²) in [7, 11) is -3.53. The lowest BCUT2D eigenvalue weighted by atomic mass is 9.96. The molecule has 1 unspecified atom stereocenters. The average molecular weight is 471 g/mol. The van der Waals surface area contributed by atoms with Crippen molar-refractivity contribution in [3.63, 3.8) is 0 Å². The Labute approximate surface area is 197 Å². The van der Waals surface area contributed by atoms with Gasteiger partial charge in [-0.15, -0.1) is 0 Å². The van der Waals surface area contributed by atoms with Crippen LogP contribution in [0, 0.1) is 5.92 Å². The van der Waals surface area contributed by atoms with Crippen molar-refractivity contribution < 1.29 is 17.9 Å². The summed E-state index contributed by atoms with van der Waals surface area (Å²) in [6.07, 6.45) is 4.21. The third-order valence-corrected chi connectivity index (χ3v) is 8.52. The predicted octanol–water partition coefficient (Wildman–Crippen LogP) is 4.24. The predicted molar refractivity (Wildman–Crippen MR) is 129 cm³/mol. The molecule has 2 aliphatic rings. The van der Waals surface area contributed by atoms with Gasteiger partial charge >= 0.3 is 0 Å². The van der Waals surface area contributed by atoms with Gasteiger partial charge in [0.25, 0.3) is 0 Å². The first-order valence-electron chi connectivity index (χ1n) is 11.9. The van der Waals surface area contributed by atoms with E-state index in [1.807, 2.05) is 57.2 Å². The van der Waals surface area contributed by atoms with Crippen molar-refractivity contribution in [3.05, 3.63) is 59.2 Å². The van der Waals surface area contributed by atoms with Crippen LogP contribution in [0.1, 0.15) is 62.8 Å². The summed E-state index contributed by atoms with van der Waals surface area (Å²) >= 11 is 0. The maximum atomic E-state index is 13.1. The van der Waals surface area contributed by atoms with Crippen LogP contribution in [-0.2, 0) is 27.7 Å². The number of piperidine rings is 1. The molecule has 1 N–H and O–H groups in total. The van der Waals surface area contributed by atoms with Crippen LogP contribution in [0.15, 0.2) is 47.4 Å². The van der Waals surface area contributed by atoms with Crippen molar-refractivity contribution in [2.24, 2.45) is 5.92 Å². The molecular weight excluding hydrogens is 436 g/mol. The monoisotopic (exact) mass is 470 g/mol. The summed E-state index contributed by atoms with van der Waals surface area (Å²) in [5.41, 5.74) is 3.40. The van der Waals surface area contributed by atoms with Crippen molar-refractivity contribution in [1.82, 2.24) is 9.62 Å². The fourth-order valence-corrected chi connectivity index (χ4v) is 6.28. The summed E-state index contributed by atoms with van der Waals surface area (Å²) in [6.45, 7) is 6.65. The highest BCUT2D eigenvalue weighted by atomic mass is 32.2. The Hall–Kier alpha value is -2.38. The number of nitrogens with one attached hydrogen (secondary N) is 1. The first-order valence-corrected chi connectivity index (χ1v) is 13.4. The van der Waals surface area contributed by atoms with Gasteiger partial charge < -0.3 is 10.1 Å². The van der Waals surface area contributed by atoms with E-state index in [0.717, 1.165) is 36.1 Å². The average Bonchev–Trinajstić information content (AvgIpc) is 3.27. The molecule has 7 heteroatoms. The van der Waals surface area contributed by atoms with Crippen LogP contribution in [0.4, 0.5) is 0 Å². The summed E-state index contributed by atoms with van der Waals surface area (Å²) in [5.74, 6) is 0.579. The smallest absolute Gasteiger partial charge is 0.243 e.